The van der Waals surface area contributed by atoms with Crippen LogP contribution in [0.5, 0.6) is 0 Å². The molecule has 0 aliphatic heterocycles. The van der Waals surface area contributed by atoms with Crippen molar-refractivity contribution in [3.8, 4) is 0 Å². The first-order valence-electron chi connectivity index (χ1n) is 11.3. The van der Waals surface area contributed by atoms with E-state index in [9.17, 15) is 19.2 Å². The Kier molecular flexibility index (Phi) is 9.41. The number of nitrogens with zero attached hydrogens (tertiary/aromatic N) is 3. The fourth-order valence-corrected chi connectivity index (χ4v) is 5.20. The van der Waals surface area contributed by atoms with Gasteiger partial charge in [0, 0.05) is 38.4 Å². The van der Waals surface area contributed by atoms with E-state index in [1.54, 1.807) is 38.5 Å². The highest BCUT2D eigenvalue weighted by Crippen LogP contribution is 2.28. The summed E-state index contributed by atoms with van der Waals surface area (Å²) < 4.78 is 0.879. The second-order valence-corrected chi connectivity index (χ2v) is 10.2. The van der Waals surface area contributed by atoms with Crippen molar-refractivity contribution in [2.75, 3.05) is 19.4 Å². The van der Waals surface area contributed by atoms with Gasteiger partial charge in [-0.1, -0.05) is 11.6 Å². The minimum absolute atomic E-state index is 0. The van der Waals surface area contributed by atoms with Crippen LogP contribution in [-0.2, 0) is 14.4 Å². The predicted octanol–water partition coefficient (Wildman–Crippen LogP) is 2.88. The minimum Gasteiger partial charge on any atom is -0.349 e. The number of amides is 4. The highest BCUT2D eigenvalue weighted by atomic mass is 35.5. The number of anilines is 1. The Hall–Kier alpha value is -3.28. The molecule has 0 spiro atoms. The first-order chi connectivity index (χ1) is 17.2. The molecule has 1 fully saturated rings. The van der Waals surface area contributed by atoms with Crippen molar-refractivity contribution in [3.63, 3.8) is 0 Å². The van der Waals surface area contributed by atoms with Gasteiger partial charge in [-0.25, -0.2) is 4.98 Å². The van der Waals surface area contributed by atoms with Gasteiger partial charge in [-0.3, -0.25) is 24.2 Å². The number of thiophene rings is 1. The number of carbonyl (C=O) groups is 4. The lowest BCUT2D eigenvalue weighted by Gasteiger charge is -2.37. The largest absolute Gasteiger partial charge is 0.349 e. The first-order valence-corrected chi connectivity index (χ1v) is 12.5. The van der Waals surface area contributed by atoms with Gasteiger partial charge in [-0.05, 0) is 49.6 Å². The van der Waals surface area contributed by atoms with Crippen LogP contribution in [0.25, 0.3) is 10.2 Å². The van der Waals surface area contributed by atoms with Crippen molar-refractivity contribution >= 4 is 75.0 Å². The second-order valence-electron chi connectivity index (χ2n) is 8.72. The SMILES string of the molecule is CN(C)C(=O)[C@H]1CC[C@H](NC(=O)C(=O)Nc2ccc(Cl)cn2)[C@H](NC(=O)c2cc3ncccc3s2)C1.Cl. The smallest absolute Gasteiger partial charge is 0.314 e. The molecule has 13 heteroatoms. The average molecular weight is 565 g/mol. The monoisotopic (exact) mass is 564 g/mol. The van der Waals surface area contributed by atoms with E-state index >= 15 is 0 Å². The maximum atomic E-state index is 13.1. The van der Waals surface area contributed by atoms with Gasteiger partial charge in [-0.2, -0.15) is 0 Å². The number of fused-ring (bicyclic) bond motifs is 1. The average Bonchev–Trinajstić information content (AvgIpc) is 3.30. The predicted molar refractivity (Wildman–Crippen MR) is 144 cm³/mol. The van der Waals surface area contributed by atoms with E-state index in [2.05, 4.69) is 25.9 Å². The number of nitrogens with one attached hydrogen (secondary N) is 3. The molecule has 3 heterocycles. The Morgan fingerprint density at radius 2 is 1.81 bits per heavy atom. The van der Waals surface area contributed by atoms with Crippen LogP contribution in [-0.4, -0.2) is 64.7 Å². The molecule has 196 valence electrons. The van der Waals surface area contributed by atoms with E-state index in [0.29, 0.717) is 34.7 Å². The minimum atomic E-state index is -0.892. The number of hydrogen-bond acceptors (Lipinski definition) is 7. The van der Waals surface area contributed by atoms with Crippen LogP contribution in [0.1, 0.15) is 28.9 Å². The Morgan fingerprint density at radius 1 is 1.03 bits per heavy atom. The molecular weight excluding hydrogens is 539 g/mol. The maximum absolute atomic E-state index is 13.1. The van der Waals surface area contributed by atoms with Gasteiger partial charge in [0.05, 0.1) is 26.2 Å². The van der Waals surface area contributed by atoms with Crippen LogP contribution in [0.4, 0.5) is 5.82 Å². The normalized spacial score (nSPS) is 18.8. The molecule has 0 aromatic carbocycles. The third-order valence-corrected chi connectivity index (χ3v) is 7.27. The van der Waals surface area contributed by atoms with Crippen LogP contribution in [0, 0.1) is 5.92 Å². The number of pyridine rings is 2. The molecule has 3 aromatic rings. The van der Waals surface area contributed by atoms with Crippen molar-refractivity contribution in [1.29, 1.82) is 0 Å². The Balaban J connectivity index is 0.00000380. The number of carbonyl (C=O) groups excluding carboxylic acids is 4. The molecular formula is C24H26Cl2N6O4S. The molecule has 37 heavy (non-hydrogen) atoms. The van der Waals surface area contributed by atoms with Crippen LogP contribution in [0.2, 0.25) is 5.02 Å². The lowest BCUT2D eigenvalue weighted by atomic mass is 9.81. The molecule has 4 amide bonds. The molecule has 3 aromatic heterocycles. The third-order valence-electron chi connectivity index (χ3n) is 5.96. The highest BCUT2D eigenvalue weighted by molar-refractivity contribution is 7.20. The van der Waals surface area contributed by atoms with Crippen LogP contribution >= 0.6 is 35.3 Å². The van der Waals surface area contributed by atoms with Gasteiger partial charge < -0.3 is 20.9 Å². The standard InChI is InChI=1S/C24H25ClN6O4S.ClH/c1-31(2)24(35)13-5-7-15(28-22(33)23(34)30-20-8-6-14(25)12-27-20)16(10-13)29-21(32)19-11-17-18(36-19)4-3-9-26-17;/h3-4,6,8-9,11-13,15-16H,5,7,10H2,1-2H3,(H,28,33)(H,29,32)(H,27,30,34);1H/t13-,15-,16+;/m0./s1. The second kappa shape index (κ2) is 12.3. The zero-order valence-electron chi connectivity index (χ0n) is 20.1. The topological polar surface area (TPSA) is 133 Å². The molecule has 0 radical (unpaired) electrons. The molecule has 0 unspecified atom stereocenters. The molecule has 3 N–H and O–H groups in total. The molecule has 10 nitrogen and oxygen atoms in total. The van der Waals surface area contributed by atoms with E-state index in [-0.39, 0.29) is 36.0 Å². The lowest BCUT2D eigenvalue weighted by Crippen LogP contribution is -2.57. The number of rotatable bonds is 5. The zero-order chi connectivity index (χ0) is 25.8. The fourth-order valence-electron chi connectivity index (χ4n) is 4.17. The van der Waals surface area contributed by atoms with Crippen molar-refractivity contribution in [3.05, 3.63) is 52.6 Å². The summed E-state index contributed by atoms with van der Waals surface area (Å²) in [6.45, 7) is 0. The van der Waals surface area contributed by atoms with Crippen molar-refractivity contribution in [1.82, 2.24) is 25.5 Å². The van der Waals surface area contributed by atoms with Gasteiger partial charge in [0.1, 0.15) is 5.82 Å². The highest BCUT2D eigenvalue weighted by Gasteiger charge is 2.37. The molecule has 1 aliphatic rings. The number of hydrogen-bond donors (Lipinski definition) is 3. The van der Waals surface area contributed by atoms with Crippen molar-refractivity contribution in [2.45, 2.75) is 31.3 Å². The quantitative estimate of drug-likeness (QED) is 0.408. The van der Waals surface area contributed by atoms with E-state index in [1.165, 1.54) is 28.5 Å². The molecule has 1 aliphatic carbocycles. The summed E-state index contributed by atoms with van der Waals surface area (Å²) in [5, 5.41) is 8.51. The van der Waals surface area contributed by atoms with E-state index in [4.69, 9.17) is 11.6 Å². The Bertz CT molecular complexity index is 1270. The summed E-state index contributed by atoms with van der Waals surface area (Å²) >= 11 is 7.11. The van der Waals surface area contributed by atoms with Crippen LogP contribution in [0.3, 0.4) is 0 Å². The van der Waals surface area contributed by atoms with Gasteiger partial charge in [-0.15, -0.1) is 23.7 Å². The first kappa shape index (κ1) is 28.3. The maximum Gasteiger partial charge on any atom is 0.314 e. The molecule has 0 saturated heterocycles. The van der Waals surface area contributed by atoms with Crippen LogP contribution < -0.4 is 16.0 Å². The molecule has 1 saturated carbocycles. The summed E-state index contributed by atoms with van der Waals surface area (Å²) in [7, 11) is 3.37. The lowest BCUT2D eigenvalue weighted by molar-refractivity contribution is -0.137. The van der Waals surface area contributed by atoms with Crippen LogP contribution in [0.15, 0.2) is 42.7 Å². The Morgan fingerprint density at radius 3 is 2.49 bits per heavy atom. The van der Waals surface area contributed by atoms with Gasteiger partial charge in [0.2, 0.25) is 5.91 Å². The summed E-state index contributed by atoms with van der Waals surface area (Å²) in [6.07, 6.45) is 4.28. The summed E-state index contributed by atoms with van der Waals surface area (Å²) in [5.74, 6) is -2.25. The molecule has 4 rings (SSSR count). The van der Waals surface area contributed by atoms with Gasteiger partial charge >= 0.3 is 11.8 Å². The van der Waals surface area contributed by atoms with Gasteiger partial charge in [0.15, 0.2) is 0 Å². The van der Waals surface area contributed by atoms with Crippen molar-refractivity contribution < 1.29 is 19.2 Å². The van der Waals surface area contributed by atoms with E-state index in [1.807, 2.05) is 6.07 Å². The summed E-state index contributed by atoms with van der Waals surface area (Å²) in [6, 6.07) is 7.32. The molecule has 0 bridgehead atoms. The summed E-state index contributed by atoms with van der Waals surface area (Å²) in [5.41, 5.74) is 0.717. The number of aromatic nitrogens is 2. The van der Waals surface area contributed by atoms with E-state index in [0.717, 1.165) is 4.70 Å². The third kappa shape index (κ3) is 6.94. The Labute approximate surface area is 228 Å². The van der Waals surface area contributed by atoms with Crippen molar-refractivity contribution in [2.24, 2.45) is 5.92 Å². The van der Waals surface area contributed by atoms with E-state index < -0.39 is 23.9 Å². The fraction of sp³-hybridized carbons (Fsp3) is 0.333. The number of halogens is 2. The summed E-state index contributed by atoms with van der Waals surface area (Å²) in [4.78, 5) is 61.0. The van der Waals surface area contributed by atoms with Gasteiger partial charge in [0.25, 0.3) is 5.91 Å². The molecule has 3 atom stereocenters. The zero-order valence-corrected chi connectivity index (χ0v) is 22.5.